The number of piperidine rings is 1. The normalized spacial score (nSPS) is 38.9. The number of aromatic amines is 1. The minimum Gasteiger partial charge on any atom is -0.480 e. The molecule has 0 spiro atoms. The van der Waals surface area contributed by atoms with Crippen LogP contribution in [0.25, 0.3) is 10.9 Å². The predicted molar refractivity (Wildman–Crippen MR) is 132 cm³/mol. The molecule has 5 heterocycles. The average molecular weight is 529 g/mol. The van der Waals surface area contributed by atoms with Crippen LogP contribution in [0.4, 0.5) is 0 Å². The van der Waals surface area contributed by atoms with E-state index in [-0.39, 0.29) is 17.9 Å². The molecule has 1 aromatic carbocycles. The number of benzene rings is 1. The summed E-state index contributed by atoms with van der Waals surface area (Å²) in [5.74, 6) is -1.34. The van der Waals surface area contributed by atoms with Crippen molar-refractivity contribution in [2.75, 3.05) is 13.2 Å². The largest absolute Gasteiger partial charge is 0.480 e. The first-order valence-electron chi connectivity index (χ1n) is 12.8. The fraction of sp³-hybridized carbons (Fsp3) is 0.519. The Morgan fingerprint density at radius 2 is 1.97 bits per heavy atom. The second kappa shape index (κ2) is 9.76. The molecule has 11 heteroatoms. The molecule has 10 atom stereocenters. The lowest BCUT2D eigenvalue weighted by Gasteiger charge is -2.50. The Morgan fingerprint density at radius 3 is 2.71 bits per heavy atom. The minimum atomic E-state index is -1.57. The smallest absolute Gasteiger partial charge is 0.321 e. The number of aliphatic hydroxyl groups excluding tert-OH is 4. The van der Waals surface area contributed by atoms with Crippen molar-refractivity contribution in [3.05, 3.63) is 60.0 Å². The van der Waals surface area contributed by atoms with Gasteiger partial charge in [-0.2, -0.15) is 0 Å². The number of nitrogens with zero attached hydrogens (tertiary/aromatic N) is 1. The first-order valence-corrected chi connectivity index (χ1v) is 12.8. The van der Waals surface area contributed by atoms with E-state index in [0.29, 0.717) is 19.4 Å². The van der Waals surface area contributed by atoms with Crippen LogP contribution in [-0.2, 0) is 25.4 Å². The summed E-state index contributed by atoms with van der Waals surface area (Å²) in [4.78, 5) is 17.9. The van der Waals surface area contributed by atoms with Crippen molar-refractivity contribution in [1.82, 2.24) is 9.88 Å². The van der Waals surface area contributed by atoms with Crippen LogP contribution in [0, 0.1) is 11.8 Å². The molecule has 2 aromatic rings. The summed E-state index contributed by atoms with van der Waals surface area (Å²) in [6.45, 7) is 3.82. The first kappa shape index (κ1) is 25.5. The van der Waals surface area contributed by atoms with Gasteiger partial charge < -0.3 is 44.7 Å². The molecule has 6 N–H and O–H groups in total. The second-order valence-electron chi connectivity index (χ2n) is 10.5. The predicted octanol–water partition coefficient (Wildman–Crippen LogP) is 0.399. The van der Waals surface area contributed by atoms with Gasteiger partial charge >= 0.3 is 5.97 Å². The molecule has 0 amide bonds. The van der Waals surface area contributed by atoms with Crippen LogP contribution in [0.5, 0.6) is 0 Å². The van der Waals surface area contributed by atoms with Crippen molar-refractivity contribution in [1.29, 1.82) is 0 Å². The van der Waals surface area contributed by atoms with Gasteiger partial charge in [-0.15, -0.1) is 6.58 Å². The first-order chi connectivity index (χ1) is 18.3. The number of carboxylic acid groups (broad SMARTS) is 1. The molecular weight excluding hydrogens is 496 g/mol. The summed E-state index contributed by atoms with van der Waals surface area (Å²) >= 11 is 0. The van der Waals surface area contributed by atoms with E-state index in [2.05, 4.69) is 11.6 Å². The van der Waals surface area contributed by atoms with E-state index in [1.54, 1.807) is 12.3 Å². The Labute approximate surface area is 218 Å². The topological polar surface area (TPSA) is 165 Å². The van der Waals surface area contributed by atoms with Gasteiger partial charge in [-0.1, -0.05) is 24.3 Å². The molecule has 0 saturated carbocycles. The monoisotopic (exact) mass is 528 g/mol. The van der Waals surface area contributed by atoms with Crippen LogP contribution in [-0.4, -0.2) is 97.6 Å². The number of aliphatic carboxylic acids is 1. The van der Waals surface area contributed by atoms with Crippen molar-refractivity contribution in [3.8, 4) is 0 Å². The molecule has 4 aliphatic heterocycles. The molecular formula is C27H32N2O9. The average Bonchev–Trinajstić information content (AvgIpc) is 3.30. The molecule has 11 nitrogen and oxygen atoms in total. The maximum Gasteiger partial charge on any atom is 0.321 e. The van der Waals surface area contributed by atoms with Gasteiger partial charge in [0.2, 0.25) is 6.29 Å². The van der Waals surface area contributed by atoms with Gasteiger partial charge in [0.15, 0.2) is 6.29 Å². The number of rotatable bonds is 5. The molecule has 0 radical (unpaired) electrons. The third-order valence-electron chi connectivity index (χ3n) is 8.50. The van der Waals surface area contributed by atoms with Gasteiger partial charge in [-0.25, -0.2) is 0 Å². The Balaban J connectivity index is 1.30. The van der Waals surface area contributed by atoms with Crippen LogP contribution in [0.2, 0.25) is 0 Å². The number of carboxylic acids is 1. The van der Waals surface area contributed by atoms with E-state index >= 15 is 0 Å². The number of fused-ring (bicyclic) bond motifs is 6. The molecule has 2 saturated heterocycles. The van der Waals surface area contributed by atoms with E-state index in [1.165, 1.54) is 0 Å². The van der Waals surface area contributed by atoms with Crippen molar-refractivity contribution < 1.29 is 44.5 Å². The highest BCUT2D eigenvalue weighted by molar-refractivity contribution is 5.86. The highest BCUT2D eigenvalue weighted by Gasteiger charge is 2.50. The molecule has 38 heavy (non-hydrogen) atoms. The third kappa shape index (κ3) is 3.97. The van der Waals surface area contributed by atoms with Crippen LogP contribution in [0.1, 0.15) is 23.7 Å². The zero-order chi connectivity index (χ0) is 26.7. The van der Waals surface area contributed by atoms with Gasteiger partial charge in [-0.3, -0.25) is 9.69 Å². The van der Waals surface area contributed by atoms with Gasteiger partial charge in [-0.05, 0) is 29.5 Å². The van der Waals surface area contributed by atoms with E-state index < -0.39 is 55.6 Å². The molecule has 0 aliphatic carbocycles. The highest BCUT2D eigenvalue weighted by atomic mass is 16.8. The number of aliphatic hydroxyl groups is 4. The van der Waals surface area contributed by atoms with E-state index in [0.717, 1.165) is 27.7 Å². The van der Waals surface area contributed by atoms with E-state index in [4.69, 9.17) is 14.2 Å². The number of carbonyl (C=O) groups is 1. The molecule has 6 rings (SSSR count). The van der Waals surface area contributed by atoms with Crippen LogP contribution >= 0.6 is 0 Å². The number of para-hydroxylation sites is 1. The molecule has 1 aromatic heterocycles. The molecule has 204 valence electrons. The molecule has 0 unspecified atom stereocenters. The fourth-order valence-electron chi connectivity index (χ4n) is 6.52. The van der Waals surface area contributed by atoms with Gasteiger partial charge in [0.05, 0.1) is 18.9 Å². The minimum absolute atomic E-state index is 0.0933. The van der Waals surface area contributed by atoms with Crippen LogP contribution < -0.4 is 0 Å². The van der Waals surface area contributed by atoms with Crippen molar-refractivity contribution in [2.24, 2.45) is 11.8 Å². The zero-order valence-electron chi connectivity index (χ0n) is 20.6. The van der Waals surface area contributed by atoms with Crippen molar-refractivity contribution in [2.45, 2.75) is 61.9 Å². The third-order valence-corrected chi connectivity index (χ3v) is 8.50. The Morgan fingerprint density at radius 1 is 1.18 bits per heavy atom. The summed E-state index contributed by atoms with van der Waals surface area (Å²) in [5.41, 5.74) is 3.94. The van der Waals surface area contributed by atoms with Crippen molar-refractivity contribution in [3.63, 3.8) is 0 Å². The summed E-state index contributed by atoms with van der Waals surface area (Å²) in [7, 11) is 0. The lowest BCUT2D eigenvalue weighted by Crippen LogP contribution is -2.60. The molecule has 0 bridgehead atoms. The van der Waals surface area contributed by atoms with Gasteiger partial charge in [0, 0.05) is 35.5 Å². The number of ether oxygens (including phenoxy) is 3. The number of H-pyrrole nitrogens is 1. The summed E-state index contributed by atoms with van der Waals surface area (Å²) < 4.78 is 17.4. The van der Waals surface area contributed by atoms with Crippen LogP contribution in [0.3, 0.4) is 0 Å². The number of hydrogen-bond donors (Lipinski definition) is 6. The second-order valence-corrected chi connectivity index (χ2v) is 10.5. The maximum atomic E-state index is 12.3. The number of nitrogens with one attached hydrogen (secondary N) is 1. The SMILES string of the molecule is C=C[C@H]1[C@H](O[C@H]2O[C@@H](CO)[C@H](O)[C@@H](O)[C@@H]2O)OC=C2CN3[C@H](C(=O)O)Cc4c([nH]c5ccccc45)[C@@H]3C[C@H]21. The van der Waals surface area contributed by atoms with Crippen molar-refractivity contribution >= 4 is 16.9 Å². The van der Waals surface area contributed by atoms with Gasteiger partial charge in [0.1, 0.15) is 30.5 Å². The standard InChI is InChI=1S/C27H32N2O9/c1-2-13-15-7-18-21-16(14-5-3-4-6-17(14)28-21)8-19(25(34)35)29(18)9-12(15)11-36-26(13)38-27-24(33)23(32)22(31)20(10-30)37-27/h2-6,11,13,15,18-20,22-24,26-28,30-33H,1,7-10H2,(H,34,35)/t13-,15-,18+,19+,20+,22+,23-,24+,26+,27-/m1/s1. The van der Waals surface area contributed by atoms with Crippen LogP contribution in [0.15, 0.2) is 48.8 Å². The molecule has 2 fully saturated rings. The summed E-state index contributed by atoms with van der Waals surface area (Å²) in [6.07, 6.45) is -3.71. The summed E-state index contributed by atoms with van der Waals surface area (Å²) in [6, 6.07) is 7.05. The van der Waals surface area contributed by atoms with E-state index in [9.17, 15) is 30.3 Å². The zero-order valence-corrected chi connectivity index (χ0v) is 20.6. The Hall–Kier alpha value is -2.77. The Kier molecular flexibility index (Phi) is 6.55. The number of aromatic nitrogens is 1. The Bertz CT molecular complexity index is 1260. The summed E-state index contributed by atoms with van der Waals surface area (Å²) in [5, 5.41) is 51.3. The molecule has 4 aliphatic rings. The quantitative estimate of drug-likeness (QED) is 0.299. The highest BCUT2D eigenvalue weighted by Crippen LogP contribution is 2.49. The number of hydrogen-bond acceptors (Lipinski definition) is 9. The lowest BCUT2D eigenvalue weighted by atomic mass is 9.73. The van der Waals surface area contributed by atoms with Gasteiger partial charge in [0.25, 0.3) is 0 Å². The maximum absolute atomic E-state index is 12.3. The lowest BCUT2D eigenvalue weighted by molar-refractivity contribution is -0.339. The van der Waals surface area contributed by atoms with E-state index in [1.807, 2.05) is 29.2 Å². The fourth-order valence-corrected chi connectivity index (χ4v) is 6.52.